The minimum atomic E-state index is 0.297. The fourth-order valence-corrected chi connectivity index (χ4v) is 2.05. The smallest absolute Gasteiger partial charge is 0.0935 e. The van der Waals surface area contributed by atoms with Crippen LogP contribution in [-0.4, -0.2) is 11.5 Å². The Labute approximate surface area is 102 Å². The Morgan fingerprint density at radius 2 is 2.29 bits per heavy atom. The zero-order chi connectivity index (χ0) is 12.1. The van der Waals surface area contributed by atoms with Gasteiger partial charge in [-0.2, -0.15) is 0 Å². The third kappa shape index (κ3) is 2.94. The molecule has 0 spiro atoms. The molecule has 1 N–H and O–H groups in total. The molecule has 2 aromatic heterocycles. The van der Waals surface area contributed by atoms with E-state index in [-0.39, 0.29) is 0 Å². The summed E-state index contributed by atoms with van der Waals surface area (Å²) in [6, 6.07) is 6.43. The highest BCUT2D eigenvalue weighted by molar-refractivity contribution is 5.24. The summed E-state index contributed by atoms with van der Waals surface area (Å²) in [5.41, 5.74) is 3.55. The van der Waals surface area contributed by atoms with E-state index >= 15 is 0 Å². The molecule has 0 saturated carbocycles. The van der Waals surface area contributed by atoms with E-state index in [1.54, 1.807) is 12.5 Å². The number of likely N-dealkylation sites (N-methyl/N-ethyl adjacent to an activating group) is 1. The van der Waals surface area contributed by atoms with Crippen molar-refractivity contribution in [2.75, 3.05) is 6.54 Å². The molecule has 0 aliphatic heterocycles. The highest BCUT2D eigenvalue weighted by Crippen LogP contribution is 2.20. The van der Waals surface area contributed by atoms with Crippen molar-refractivity contribution in [3.8, 4) is 0 Å². The van der Waals surface area contributed by atoms with Crippen LogP contribution in [0.25, 0.3) is 0 Å². The number of rotatable bonds is 5. The van der Waals surface area contributed by atoms with E-state index in [2.05, 4.69) is 30.2 Å². The second kappa shape index (κ2) is 5.64. The lowest BCUT2D eigenvalue weighted by molar-refractivity contribution is 0.532. The van der Waals surface area contributed by atoms with Gasteiger partial charge in [0, 0.05) is 17.9 Å². The molecule has 0 aromatic carbocycles. The maximum Gasteiger partial charge on any atom is 0.0935 e. The number of aromatic nitrogens is 1. The molecule has 0 amide bonds. The summed E-state index contributed by atoms with van der Waals surface area (Å²) < 4.78 is 5.12. The molecule has 2 heterocycles. The number of nitrogens with one attached hydrogen (secondary N) is 1. The molecule has 2 aromatic rings. The van der Waals surface area contributed by atoms with E-state index in [9.17, 15) is 0 Å². The summed E-state index contributed by atoms with van der Waals surface area (Å²) in [6.07, 6.45) is 6.28. The molecule has 0 radical (unpaired) electrons. The van der Waals surface area contributed by atoms with Gasteiger partial charge in [0.05, 0.1) is 12.5 Å². The fourth-order valence-electron chi connectivity index (χ4n) is 2.05. The fraction of sp³-hybridized carbons (Fsp3) is 0.357. The first-order chi connectivity index (χ1) is 8.31. The summed E-state index contributed by atoms with van der Waals surface area (Å²) in [5.74, 6) is 0. The predicted molar refractivity (Wildman–Crippen MR) is 67.8 cm³/mol. The van der Waals surface area contributed by atoms with Crippen molar-refractivity contribution in [3.05, 3.63) is 53.7 Å². The normalized spacial score (nSPS) is 12.6. The van der Waals surface area contributed by atoms with Crippen LogP contribution in [0.1, 0.15) is 29.8 Å². The average molecular weight is 230 g/mol. The van der Waals surface area contributed by atoms with Gasteiger partial charge in [-0.1, -0.05) is 13.0 Å². The second-order valence-electron chi connectivity index (χ2n) is 4.12. The van der Waals surface area contributed by atoms with Crippen LogP contribution in [0.5, 0.6) is 0 Å². The summed E-state index contributed by atoms with van der Waals surface area (Å²) >= 11 is 0. The molecule has 2 rings (SSSR count). The third-order valence-corrected chi connectivity index (χ3v) is 2.89. The van der Waals surface area contributed by atoms with E-state index in [1.807, 2.05) is 18.3 Å². The van der Waals surface area contributed by atoms with Crippen molar-refractivity contribution in [1.29, 1.82) is 0 Å². The first-order valence-electron chi connectivity index (χ1n) is 5.97. The number of furan rings is 1. The number of hydrogen-bond acceptors (Lipinski definition) is 3. The summed E-state index contributed by atoms with van der Waals surface area (Å²) in [7, 11) is 0. The summed E-state index contributed by atoms with van der Waals surface area (Å²) in [5, 5.41) is 3.50. The van der Waals surface area contributed by atoms with Gasteiger partial charge >= 0.3 is 0 Å². The van der Waals surface area contributed by atoms with Crippen molar-refractivity contribution in [1.82, 2.24) is 10.3 Å². The standard InChI is InChI=1S/C14H18N2O/c1-3-15-14(9-12-6-8-17-10-12)13-5-4-7-16-11(13)2/h4-8,10,14-15H,3,9H2,1-2H3. The zero-order valence-electron chi connectivity index (χ0n) is 10.3. The lowest BCUT2D eigenvalue weighted by Crippen LogP contribution is -2.23. The van der Waals surface area contributed by atoms with E-state index in [0.717, 1.165) is 18.7 Å². The van der Waals surface area contributed by atoms with Crippen molar-refractivity contribution in [3.63, 3.8) is 0 Å². The molecular weight excluding hydrogens is 212 g/mol. The zero-order valence-corrected chi connectivity index (χ0v) is 10.3. The Morgan fingerprint density at radius 1 is 1.41 bits per heavy atom. The Balaban J connectivity index is 2.20. The second-order valence-corrected chi connectivity index (χ2v) is 4.12. The van der Waals surface area contributed by atoms with Crippen LogP contribution < -0.4 is 5.32 Å². The highest BCUT2D eigenvalue weighted by atomic mass is 16.3. The molecule has 0 aliphatic carbocycles. The minimum absolute atomic E-state index is 0.297. The Bertz CT molecular complexity index is 451. The average Bonchev–Trinajstić information content (AvgIpc) is 2.82. The first kappa shape index (κ1) is 11.9. The number of aryl methyl sites for hydroxylation is 1. The van der Waals surface area contributed by atoms with E-state index in [0.29, 0.717) is 6.04 Å². The molecule has 0 aliphatic rings. The van der Waals surface area contributed by atoms with Crippen LogP contribution in [0.3, 0.4) is 0 Å². The van der Waals surface area contributed by atoms with E-state index in [1.165, 1.54) is 11.1 Å². The maximum atomic E-state index is 5.12. The highest BCUT2D eigenvalue weighted by Gasteiger charge is 2.14. The molecule has 1 atom stereocenters. The van der Waals surface area contributed by atoms with E-state index in [4.69, 9.17) is 4.42 Å². The summed E-state index contributed by atoms with van der Waals surface area (Å²) in [6.45, 7) is 5.11. The summed E-state index contributed by atoms with van der Waals surface area (Å²) in [4.78, 5) is 4.35. The van der Waals surface area contributed by atoms with Crippen LogP contribution in [0.2, 0.25) is 0 Å². The number of nitrogens with zero attached hydrogens (tertiary/aromatic N) is 1. The SMILES string of the molecule is CCNC(Cc1ccoc1)c1cccnc1C. The van der Waals surface area contributed by atoms with Gasteiger partial charge < -0.3 is 9.73 Å². The van der Waals surface area contributed by atoms with E-state index < -0.39 is 0 Å². The monoisotopic (exact) mass is 230 g/mol. The molecule has 0 bridgehead atoms. The van der Waals surface area contributed by atoms with Gasteiger partial charge in [0.2, 0.25) is 0 Å². The van der Waals surface area contributed by atoms with Crippen LogP contribution in [0, 0.1) is 6.92 Å². The largest absolute Gasteiger partial charge is 0.472 e. The van der Waals surface area contributed by atoms with Crippen LogP contribution in [0.15, 0.2) is 41.3 Å². The molecule has 17 heavy (non-hydrogen) atoms. The quantitative estimate of drug-likeness (QED) is 0.858. The molecule has 3 heteroatoms. The molecule has 3 nitrogen and oxygen atoms in total. The lowest BCUT2D eigenvalue weighted by Gasteiger charge is -2.19. The van der Waals surface area contributed by atoms with Crippen molar-refractivity contribution in [2.24, 2.45) is 0 Å². The molecule has 0 fully saturated rings. The topological polar surface area (TPSA) is 38.1 Å². The number of pyridine rings is 1. The van der Waals surface area contributed by atoms with Crippen molar-refractivity contribution in [2.45, 2.75) is 26.3 Å². The van der Waals surface area contributed by atoms with Gasteiger partial charge in [-0.3, -0.25) is 4.98 Å². The third-order valence-electron chi connectivity index (χ3n) is 2.89. The first-order valence-corrected chi connectivity index (χ1v) is 5.97. The van der Waals surface area contributed by atoms with Gasteiger partial charge in [-0.25, -0.2) is 0 Å². The predicted octanol–water partition coefficient (Wildman–Crippen LogP) is 2.88. The van der Waals surface area contributed by atoms with Crippen LogP contribution in [0.4, 0.5) is 0 Å². The van der Waals surface area contributed by atoms with Crippen molar-refractivity contribution >= 4 is 0 Å². The van der Waals surface area contributed by atoms with Crippen LogP contribution in [-0.2, 0) is 6.42 Å². The maximum absolute atomic E-state index is 5.12. The van der Waals surface area contributed by atoms with Gasteiger partial charge in [-0.15, -0.1) is 0 Å². The molecule has 90 valence electrons. The van der Waals surface area contributed by atoms with Gasteiger partial charge in [0.15, 0.2) is 0 Å². The van der Waals surface area contributed by atoms with Gasteiger partial charge in [0.25, 0.3) is 0 Å². The number of hydrogen-bond donors (Lipinski definition) is 1. The Morgan fingerprint density at radius 3 is 2.94 bits per heavy atom. The molecule has 0 saturated heterocycles. The Hall–Kier alpha value is -1.61. The Kier molecular flexibility index (Phi) is 3.94. The minimum Gasteiger partial charge on any atom is -0.472 e. The molecule has 1 unspecified atom stereocenters. The van der Waals surface area contributed by atoms with Gasteiger partial charge in [0.1, 0.15) is 0 Å². The van der Waals surface area contributed by atoms with Crippen LogP contribution >= 0.6 is 0 Å². The molecular formula is C14H18N2O. The van der Waals surface area contributed by atoms with Gasteiger partial charge in [-0.05, 0) is 43.1 Å². The lowest BCUT2D eigenvalue weighted by atomic mass is 9.99. The van der Waals surface area contributed by atoms with Crippen molar-refractivity contribution < 1.29 is 4.42 Å².